The molecule has 1 aromatic carbocycles. The van der Waals surface area contributed by atoms with Gasteiger partial charge >= 0.3 is 0 Å². The van der Waals surface area contributed by atoms with Gasteiger partial charge in [0.05, 0.1) is 0 Å². The number of ether oxygens (including phenoxy) is 1. The third-order valence-electron chi connectivity index (χ3n) is 3.43. The van der Waals surface area contributed by atoms with Crippen molar-refractivity contribution in [2.45, 2.75) is 12.0 Å². The molecule has 0 saturated carbocycles. The van der Waals surface area contributed by atoms with Crippen molar-refractivity contribution in [2.24, 2.45) is 0 Å². The third kappa shape index (κ3) is 1.10. The highest BCUT2D eigenvalue weighted by Gasteiger charge is 2.50. The van der Waals surface area contributed by atoms with Gasteiger partial charge in [0.15, 0.2) is 5.60 Å². The number of likely N-dealkylation sites (tertiary alicyclic amines) is 1. The summed E-state index contributed by atoms with van der Waals surface area (Å²) in [6.07, 6.45) is 0.737. The number of benzene rings is 1. The molecule has 0 bridgehead atoms. The molecule has 1 amide bonds. The van der Waals surface area contributed by atoms with Gasteiger partial charge in [0.25, 0.3) is 5.91 Å². The molecule has 1 aromatic rings. The van der Waals surface area contributed by atoms with Crippen molar-refractivity contribution in [1.29, 1.82) is 0 Å². The number of carbonyl (C=O) groups is 1. The fourth-order valence-corrected chi connectivity index (χ4v) is 2.53. The fourth-order valence-electron chi connectivity index (χ4n) is 2.53. The molecular formula is C12H14N2O2. The Hall–Kier alpha value is -1.55. The number of para-hydroxylation sites is 1. The number of carbonyl (C=O) groups excluding carboxylic acids is 1. The highest BCUT2D eigenvalue weighted by atomic mass is 16.5. The summed E-state index contributed by atoms with van der Waals surface area (Å²) in [6, 6.07) is 7.88. The van der Waals surface area contributed by atoms with Gasteiger partial charge in [-0.1, -0.05) is 18.2 Å². The highest BCUT2D eigenvalue weighted by molar-refractivity contribution is 5.90. The number of nitrogens with zero attached hydrogens (tertiary/aromatic N) is 1. The second-order valence-electron chi connectivity index (χ2n) is 4.31. The van der Waals surface area contributed by atoms with E-state index in [0.717, 1.165) is 24.2 Å². The predicted octanol–water partition coefficient (Wildman–Crippen LogP) is 1.14. The van der Waals surface area contributed by atoms with E-state index in [1.165, 1.54) is 0 Å². The molecule has 3 rings (SSSR count). The van der Waals surface area contributed by atoms with E-state index in [2.05, 4.69) is 5.32 Å². The van der Waals surface area contributed by atoms with Gasteiger partial charge in [0.2, 0.25) is 0 Å². The molecule has 4 heteroatoms. The fraction of sp³-hybridized carbons (Fsp3) is 0.417. The lowest BCUT2D eigenvalue weighted by Crippen LogP contribution is -2.43. The summed E-state index contributed by atoms with van der Waals surface area (Å²) in [5.41, 5.74) is 1.24. The second-order valence-corrected chi connectivity index (χ2v) is 4.31. The maximum absolute atomic E-state index is 12.2. The third-order valence-corrected chi connectivity index (χ3v) is 3.43. The number of amides is 1. The molecule has 2 aliphatic rings. The summed E-state index contributed by atoms with van der Waals surface area (Å²) in [4.78, 5) is 14.0. The Kier molecular flexibility index (Phi) is 1.94. The minimum atomic E-state index is -0.739. The Balaban J connectivity index is 2.14. The molecular weight excluding hydrogens is 204 g/mol. The molecule has 16 heavy (non-hydrogen) atoms. The van der Waals surface area contributed by atoms with Crippen molar-refractivity contribution in [1.82, 2.24) is 4.90 Å². The van der Waals surface area contributed by atoms with Gasteiger partial charge in [-0.15, -0.1) is 0 Å². The number of hydrogen-bond donors (Lipinski definition) is 1. The van der Waals surface area contributed by atoms with Crippen molar-refractivity contribution in [3.63, 3.8) is 0 Å². The SMILES string of the molecule is CN1CC[C@@]2(OCNc3ccccc32)C1=O. The quantitative estimate of drug-likeness (QED) is 0.710. The molecule has 2 aliphatic heterocycles. The molecule has 1 fully saturated rings. The molecule has 0 aliphatic carbocycles. The largest absolute Gasteiger partial charge is 0.362 e. The van der Waals surface area contributed by atoms with E-state index >= 15 is 0 Å². The summed E-state index contributed by atoms with van der Waals surface area (Å²) in [5.74, 6) is 0.0708. The molecule has 1 N–H and O–H groups in total. The summed E-state index contributed by atoms with van der Waals surface area (Å²) >= 11 is 0. The first kappa shape index (κ1) is 9.66. The summed E-state index contributed by atoms with van der Waals surface area (Å²) in [6.45, 7) is 1.16. The topological polar surface area (TPSA) is 41.6 Å². The second kappa shape index (κ2) is 3.22. The molecule has 84 valence electrons. The zero-order chi connectivity index (χ0) is 11.2. The Morgan fingerprint density at radius 2 is 2.25 bits per heavy atom. The first-order valence-electron chi connectivity index (χ1n) is 5.47. The van der Waals surface area contributed by atoms with E-state index in [0.29, 0.717) is 6.73 Å². The van der Waals surface area contributed by atoms with E-state index in [1.807, 2.05) is 31.3 Å². The predicted molar refractivity (Wildman–Crippen MR) is 59.9 cm³/mol. The zero-order valence-electron chi connectivity index (χ0n) is 9.19. The average Bonchev–Trinajstić information content (AvgIpc) is 2.60. The van der Waals surface area contributed by atoms with Crippen molar-refractivity contribution in [2.75, 3.05) is 25.6 Å². The van der Waals surface area contributed by atoms with Crippen molar-refractivity contribution in [3.8, 4) is 0 Å². The average molecular weight is 218 g/mol. The van der Waals surface area contributed by atoms with Crippen LogP contribution in [0.4, 0.5) is 5.69 Å². The minimum absolute atomic E-state index is 0.0708. The van der Waals surface area contributed by atoms with Crippen LogP contribution in [0, 0.1) is 0 Å². The van der Waals surface area contributed by atoms with E-state index < -0.39 is 5.60 Å². The molecule has 2 heterocycles. The Labute approximate surface area is 94.2 Å². The van der Waals surface area contributed by atoms with Crippen molar-refractivity contribution < 1.29 is 9.53 Å². The van der Waals surface area contributed by atoms with Gasteiger partial charge in [-0.3, -0.25) is 4.79 Å². The molecule has 1 atom stereocenters. The Morgan fingerprint density at radius 3 is 3.00 bits per heavy atom. The molecule has 1 spiro atoms. The molecule has 4 nitrogen and oxygen atoms in total. The summed E-state index contributed by atoms with van der Waals surface area (Å²) < 4.78 is 5.73. The summed E-state index contributed by atoms with van der Waals surface area (Å²) in [7, 11) is 1.82. The van der Waals surface area contributed by atoms with E-state index in [9.17, 15) is 4.79 Å². The van der Waals surface area contributed by atoms with Crippen LogP contribution in [0.15, 0.2) is 24.3 Å². The maximum Gasteiger partial charge on any atom is 0.259 e. The number of anilines is 1. The van der Waals surface area contributed by atoms with E-state index in [1.54, 1.807) is 4.90 Å². The normalized spacial score (nSPS) is 28.1. The number of rotatable bonds is 0. The van der Waals surface area contributed by atoms with E-state index in [4.69, 9.17) is 4.74 Å². The number of likely N-dealkylation sites (N-methyl/N-ethyl adjacent to an activating group) is 1. The van der Waals surface area contributed by atoms with Crippen molar-refractivity contribution >= 4 is 11.6 Å². The van der Waals surface area contributed by atoms with Gasteiger partial charge in [-0.2, -0.15) is 0 Å². The van der Waals surface area contributed by atoms with Gasteiger partial charge in [0.1, 0.15) is 6.73 Å². The molecule has 1 saturated heterocycles. The standard InChI is InChI=1S/C12H14N2O2/c1-14-7-6-12(11(14)15)9-4-2-3-5-10(9)13-8-16-12/h2-5,13H,6-8H2,1H3/t12-/m0/s1. The van der Waals surface area contributed by atoms with Crippen LogP contribution in [0.25, 0.3) is 0 Å². The lowest BCUT2D eigenvalue weighted by atomic mass is 9.89. The number of fused-ring (bicyclic) bond motifs is 2. The van der Waals surface area contributed by atoms with Crippen molar-refractivity contribution in [3.05, 3.63) is 29.8 Å². The van der Waals surface area contributed by atoms with E-state index in [-0.39, 0.29) is 5.91 Å². The van der Waals surface area contributed by atoms with Gasteiger partial charge in [-0.05, 0) is 6.07 Å². The summed E-state index contributed by atoms with van der Waals surface area (Å²) in [5, 5.41) is 3.16. The molecule has 0 radical (unpaired) electrons. The lowest BCUT2D eigenvalue weighted by molar-refractivity contribution is -0.149. The number of nitrogens with one attached hydrogen (secondary N) is 1. The van der Waals surface area contributed by atoms with Crippen LogP contribution in [0.1, 0.15) is 12.0 Å². The van der Waals surface area contributed by atoms with Gasteiger partial charge < -0.3 is 15.0 Å². The first-order valence-corrected chi connectivity index (χ1v) is 5.47. The molecule has 0 unspecified atom stereocenters. The van der Waals surface area contributed by atoms with Gasteiger partial charge in [-0.25, -0.2) is 0 Å². The van der Waals surface area contributed by atoms with Crippen LogP contribution in [0.2, 0.25) is 0 Å². The smallest absolute Gasteiger partial charge is 0.259 e. The van der Waals surface area contributed by atoms with Crippen LogP contribution in [0.5, 0.6) is 0 Å². The monoisotopic (exact) mass is 218 g/mol. The lowest BCUT2D eigenvalue weighted by Gasteiger charge is -2.34. The van der Waals surface area contributed by atoms with Crippen LogP contribution < -0.4 is 5.32 Å². The zero-order valence-corrected chi connectivity index (χ0v) is 9.19. The minimum Gasteiger partial charge on any atom is -0.362 e. The molecule has 0 aromatic heterocycles. The Bertz CT molecular complexity index is 446. The highest BCUT2D eigenvalue weighted by Crippen LogP contribution is 2.42. The first-order chi connectivity index (χ1) is 7.74. The van der Waals surface area contributed by atoms with Gasteiger partial charge in [0, 0.05) is 31.3 Å². The van der Waals surface area contributed by atoms with Crippen LogP contribution in [-0.2, 0) is 15.1 Å². The van der Waals surface area contributed by atoms with Crippen LogP contribution >= 0.6 is 0 Å². The van der Waals surface area contributed by atoms with Crippen LogP contribution in [-0.4, -0.2) is 31.1 Å². The van der Waals surface area contributed by atoms with Crippen LogP contribution in [0.3, 0.4) is 0 Å². The maximum atomic E-state index is 12.2. The number of hydrogen-bond acceptors (Lipinski definition) is 3. The Morgan fingerprint density at radius 1 is 1.44 bits per heavy atom.